The number of aliphatic carboxylic acids is 1. The Morgan fingerprint density at radius 2 is 2.04 bits per heavy atom. The number of phenolic OH excluding ortho intramolecular Hbond substituents is 1. The Morgan fingerprint density at radius 1 is 1.24 bits per heavy atom. The number of carbonyl (C=O) groups excluding carboxylic acids is 1. The fourth-order valence-corrected chi connectivity index (χ4v) is 2.58. The molecule has 0 atom stereocenters. The van der Waals surface area contributed by atoms with E-state index in [1.54, 1.807) is 24.4 Å². The first-order chi connectivity index (χ1) is 11.9. The molecule has 1 heterocycles. The number of phenols is 1. The number of hydrogen-bond donors (Lipinski definition) is 3. The van der Waals surface area contributed by atoms with Gasteiger partial charge in [-0.15, -0.1) is 0 Å². The van der Waals surface area contributed by atoms with Gasteiger partial charge in [0.1, 0.15) is 5.75 Å². The zero-order valence-corrected chi connectivity index (χ0v) is 13.7. The molecule has 0 aliphatic carbocycles. The van der Waals surface area contributed by atoms with Crippen LogP contribution in [0.2, 0.25) is 5.02 Å². The average molecular weight is 360 g/mol. The van der Waals surface area contributed by atoms with Gasteiger partial charge in [0.25, 0.3) is 5.91 Å². The molecule has 0 spiro atoms. The van der Waals surface area contributed by atoms with Gasteiger partial charge in [-0.3, -0.25) is 14.3 Å². The molecule has 3 aromatic rings. The highest BCUT2D eigenvalue weighted by molar-refractivity contribution is 6.31. The largest absolute Gasteiger partial charge is 0.507 e. The molecule has 7 nitrogen and oxygen atoms in total. The van der Waals surface area contributed by atoms with E-state index in [0.29, 0.717) is 21.6 Å². The topological polar surface area (TPSA) is 104 Å². The van der Waals surface area contributed by atoms with Crippen molar-refractivity contribution in [2.45, 2.75) is 13.0 Å². The quantitative estimate of drug-likeness (QED) is 0.649. The van der Waals surface area contributed by atoms with Crippen LogP contribution in [0.15, 0.2) is 42.6 Å². The van der Waals surface area contributed by atoms with Crippen molar-refractivity contribution in [1.82, 2.24) is 9.78 Å². The van der Waals surface area contributed by atoms with Crippen LogP contribution in [0, 0.1) is 0 Å². The Balaban J connectivity index is 1.89. The summed E-state index contributed by atoms with van der Waals surface area (Å²) in [5.74, 6) is -1.60. The molecule has 0 unspecified atom stereocenters. The Kier molecular flexibility index (Phi) is 4.58. The van der Waals surface area contributed by atoms with E-state index >= 15 is 0 Å². The molecule has 1 aromatic heterocycles. The molecule has 0 bridgehead atoms. The van der Waals surface area contributed by atoms with Crippen LogP contribution in [-0.2, 0) is 11.3 Å². The van der Waals surface area contributed by atoms with Crippen LogP contribution >= 0.6 is 11.6 Å². The number of carboxylic acid groups (broad SMARTS) is 1. The Hall–Kier alpha value is -3.06. The lowest BCUT2D eigenvalue weighted by molar-refractivity contribution is -0.137. The summed E-state index contributed by atoms with van der Waals surface area (Å²) in [5, 5.41) is 26.6. The highest BCUT2D eigenvalue weighted by Gasteiger charge is 2.14. The number of anilines is 1. The molecule has 128 valence electrons. The molecule has 0 fully saturated rings. The minimum Gasteiger partial charge on any atom is -0.507 e. The minimum atomic E-state index is -0.912. The van der Waals surface area contributed by atoms with Gasteiger partial charge in [-0.05, 0) is 30.3 Å². The van der Waals surface area contributed by atoms with E-state index < -0.39 is 11.9 Å². The van der Waals surface area contributed by atoms with E-state index in [1.807, 2.05) is 0 Å². The van der Waals surface area contributed by atoms with Gasteiger partial charge in [-0.1, -0.05) is 17.7 Å². The van der Waals surface area contributed by atoms with Crippen molar-refractivity contribution in [3.05, 3.63) is 53.2 Å². The van der Waals surface area contributed by atoms with E-state index in [-0.39, 0.29) is 24.3 Å². The summed E-state index contributed by atoms with van der Waals surface area (Å²) in [6.45, 7) is 0.229. The smallest absolute Gasteiger partial charge is 0.305 e. The predicted molar refractivity (Wildman–Crippen MR) is 93.1 cm³/mol. The van der Waals surface area contributed by atoms with Crippen molar-refractivity contribution < 1.29 is 19.8 Å². The summed E-state index contributed by atoms with van der Waals surface area (Å²) in [4.78, 5) is 23.1. The molecule has 0 saturated carbocycles. The minimum absolute atomic E-state index is 0.0495. The number of aromatic hydroxyl groups is 1. The molecule has 8 heteroatoms. The third-order valence-electron chi connectivity index (χ3n) is 3.60. The first-order valence-electron chi connectivity index (χ1n) is 7.42. The highest BCUT2D eigenvalue weighted by atomic mass is 35.5. The molecule has 3 rings (SSSR count). The average Bonchev–Trinajstić information content (AvgIpc) is 2.99. The summed E-state index contributed by atoms with van der Waals surface area (Å²) >= 11 is 5.87. The number of carbonyl (C=O) groups is 2. The Bertz CT molecular complexity index is 968. The van der Waals surface area contributed by atoms with Gasteiger partial charge < -0.3 is 15.5 Å². The summed E-state index contributed by atoms with van der Waals surface area (Å²) in [6.07, 6.45) is 1.62. The van der Waals surface area contributed by atoms with E-state index in [2.05, 4.69) is 10.4 Å². The number of rotatable bonds is 5. The number of halogens is 1. The number of fused-ring (bicyclic) bond motifs is 1. The maximum atomic E-state index is 12.4. The van der Waals surface area contributed by atoms with Crippen molar-refractivity contribution in [2.24, 2.45) is 0 Å². The fourth-order valence-electron chi connectivity index (χ4n) is 2.41. The van der Waals surface area contributed by atoms with Gasteiger partial charge in [0.2, 0.25) is 0 Å². The van der Waals surface area contributed by atoms with Crippen LogP contribution in [0.1, 0.15) is 16.8 Å². The van der Waals surface area contributed by atoms with Crippen molar-refractivity contribution in [1.29, 1.82) is 0 Å². The third-order valence-corrected chi connectivity index (χ3v) is 3.84. The van der Waals surface area contributed by atoms with Crippen LogP contribution in [-0.4, -0.2) is 31.9 Å². The molecule has 0 saturated heterocycles. The fraction of sp³-hybridized carbons (Fsp3) is 0.118. The first kappa shape index (κ1) is 16.8. The lowest BCUT2D eigenvalue weighted by Gasteiger charge is -2.08. The number of aryl methyl sites for hydroxylation is 1. The predicted octanol–water partition coefficient (Wildman–Crippen LogP) is 3.12. The summed E-state index contributed by atoms with van der Waals surface area (Å²) < 4.78 is 1.52. The van der Waals surface area contributed by atoms with Crippen LogP contribution in [0.3, 0.4) is 0 Å². The number of nitrogens with zero attached hydrogens (tertiary/aromatic N) is 2. The monoisotopic (exact) mass is 359 g/mol. The Morgan fingerprint density at radius 3 is 2.80 bits per heavy atom. The maximum absolute atomic E-state index is 12.4. The van der Waals surface area contributed by atoms with Crippen LogP contribution in [0.4, 0.5) is 5.69 Å². The number of hydrogen-bond acceptors (Lipinski definition) is 4. The highest BCUT2D eigenvalue weighted by Crippen LogP contribution is 2.26. The number of amides is 1. The molecule has 0 radical (unpaired) electrons. The van der Waals surface area contributed by atoms with Crippen LogP contribution in [0.5, 0.6) is 5.75 Å². The van der Waals surface area contributed by atoms with Crippen molar-refractivity contribution in [2.75, 3.05) is 5.32 Å². The normalized spacial score (nSPS) is 10.8. The summed E-state index contributed by atoms with van der Waals surface area (Å²) in [5.41, 5.74) is 1.18. The van der Waals surface area contributed by atoms with Crippen molar-refractivity contribution >= 4 is 40.1 Å². The summed E-state index contributed by atoms with van der Waals surface area (Å²) in [6, 6.07) is 9.40. The van der Waals surface area contributed by atoms with Gasteiger partial charge in [0.05, 0.1) is 29.7 Å². The van der Waals surface area contributed by atoms with Gasteiger partial charge in [-0.2, -0.15) is 5.10 Å². The first-order valence-corrected chi connectivity index (χ1v) is 7.79. The Labute approximate surface area is 147 Å². The van der Waals surface area contributed by atoms with Gasteiger partial charge in [0, 0.05) is 16.6 Å². The zero-order valence-electron chi connectivity index (χ0n) is 12.9. The molecule has 0 aliphatic rings. The van der Waals surface area contributed by atoms with Crippen LogP contribution < -0.4 is 5.32 Å². The second-order valence-electron chi connectivity index (χ2n) is 5.39. The van der Waals surface area contributed by atoms with E-state index in [0.717, 1.165) is 0 Å². The molecular weight excluding hydrogens is 346 g/mol. The maximum Gasteiger partial charge on any atom is 0.305 e. The molecular formula is C17H14ClN3O4. The number of aromatic nitrogens is 2. The molecule has 2 aromatic carbocycles. The lowest BCUT2D eigenvalue weighted by atomic mass is 10.1. The number of carboxylic acids is 1. The lowest BCUT2D eigenvalue weighted by Crippen LogP contribution is -2.12. The van der Waals surface area contributed by atoms with Gasteiger partial charge in [-0.25, -0.2) is 0 Å². The molecule has 1 amide bonds. The number of benzene rings is 2. The SMILES string of the molecule is O=C(O)CCn1cc2c(NC(=O)c3cc(Cl)ccc3O)cccc2n1. The molecule has 0 aliphatic heterocycles. The second kappa shape index (κ2) is 6.82. The third kappa shape index (κ3) is 3.72. The van der Waals surface area contributed by atoms with Gasteiger partial charge in [0.15, 0.2) is 0 Å². The van der Waals surface area contributed by atoms with Gasteiger partial charge >= 0.3 is 5.97 Å². The molecule has 25 heavy (non-hydrogen) atoms. The van der Waals surface area contributed by atoms with Crippen molar-refractivity contribution in [3.8, 4) is 5.75 Å². The van der Waals surface area contributed by atoms with E-state index in [9.17, 15) is 14.7 Å². The second-order valence-corrected chi connectivity index (χ2v) is 5.83. The van der Waals surface area contributed by atoms with Crippen molar-refractivity contribution in [3.63, 3.8) is 0 Å². The van der Waals surface area contributed by atoms with E-state index in [1.165, 1.54) is 22.9 Å². The summed E-state index contributed by atoms with van der Waals surface area (Å²) in [7, 11) is 0. The van der Waals surface area contributed by atoms with E-state index in [4.69, 9.17) is 16.7 Å². The standard InChI is InChI=1S/C17H14ClN3O4/c18-10-4-5-15(22)11(8-10)17(25)19-13-2-1-3-14-12(13)9-21(20-14)7-6-16(23)24/h1-5,8-9,22H,6-7H2,(H,19,25)(H,23,24). The van der Waals surface area contributed by atoms with Crippen LogP contribution in [0.25, 0.3) is 10.9 Å². The zero-order chi connectivity index (χ0) is 18.0. The molecule has 3 N–H and O–H groups in total. The number of nitrogens with one attached hydrogen (secondary N) is 1.